The van der Waals surface area contributed by atoms with Crippen LogP contribution in [-0.2, 0) is 0 Å². The van der Waals surface area contributed by atoms with Crippen LogP contribution in [0, 0.1) is 0 Å². The first-order valence-corrected chi connectivity index (χ1v) is 7.27. The number of hydrogen-bond acceptors (Lipinski definition) is 6. The van der Waals surface area contributed by atoms with E-state index < -0.39 is 6.03 Å². The molecule has 1 heterocycles. The number of carbonyl (C=O) groups excluding carboxylic acids is 1. The van der Waals surface area contributed by atoms with Gasteiger partial charge in [-0.3, -0.25) is 5.43 Å². The number of carbonyl (C=O) groups is 1. The van der Waals surface area contributed by atoms with Gasteiger partial charge in [-0.15, -0.1) is 0 Å². The van der Waals surface area contributed by atoms with Gasteiger partial charge in [-0.25, -0.2) is 10.2 Å². The van der Waals surface area contributed by atoms with E-state index in [0.29, 0.717) is 11.6 Å². The molecule has 23 heavy (non-hydrogen) atoms. The van der Waals surface area contributed by atoms with Gasteiger partial charge in [0.25, 0.3) is 0 Å². The molecule has 0 spiro atoms. The van der Waals surface area contributed by atoms with E-state index in [0.717, 1.165) is 0 Å². The first-order valence-electron chi connectivity index (χ1n) is 6.90. The fraction of sp³-hybridized carbons (Fsp3) is 0.286. The van der Waals surface area contributed by atoms with E-state index >= 15 is 0 Å². The topological polar surface area (TPSA) is 104 Å². The Kier molecular flexibility index (Phi) is 5.17. The Bertz CT molecular complexity index is 673. The summed E-state index contributed by atoms with van der Waals surface area (Å²) < 4.78 is 0. The largest absolute Gasteiger partial charge is 0.349 e. The third-order valence-corrected chi connectivity index (χ3v) is 2.58. The van der Waals surface area contributed by atoms with Crippen molar-refractivity contribution in [2.24, 2.45) is 0 Å². The number of nitrogens with zero attached hydrogens (tertiary/aromatic N) is 3. The highest BCUT2D eigenvalue weighted by Crippen LogP contribution is 2.13. The number of halogens is 1. The molecule has 1 aromatic carbocycles. The van der Waals surface area contributed by atoms with Gasteiger partial charge < -0.3 is 10.6 Å². The Morgan fingerprint density at radius 1 is 1.04 bits per heavy atom. The molecule has 122 valence electrons. The standard InChI is InChI=1S/C14H18ClN7O/c1-14(2,3)20-11-17-10(15)18-12(19-11)21-22-13(23)16-9-7-5-4-6-8-9/h4-8H,1-3H3,(H2,16,22,23)(H2,17,18,19,20,21). The highest BCUT2D eigenvalue weighted by atomic mass is 35.5. The van der Waals surface area contributed by atoms with Crippen molar-refractivity contribution in [1.82, 2.24) is 20.4 Å². The molecule has 2 rings (SSSR count). The Morgan fingerprint density at radius 3 is 2.35 bits per heavy atom. The van der Waals surface area contributed by atoms with E-state index in [4.69, 9.17) is 11.6 Å². The third kappa shape index (κ3) is 5.95. The van der Waals surface area contributed by atoms with Crippen molar-refractivity contribution >= 4 is 35.2 Å². The summed E-state index contributed by atoms with van der Waals surface area (Å²) in [5, 5.41) is 5.74. The lowest BCUT2D eigenvalue weighted by Crippen LogP contribution is -2.34. The average Bonchev–Trinajstić information content (AvgIpc) is 2.44. The first-order chi connectivity index (χ1) is 10.8. The number of nitrogens with one attached hydrogen (secondary N) is 4. The summed E-state index contributed by atoms with van der Waals surface area (Å²) in [4.78, 5) is 23.8. The van der Waals surface area contributed by atoms with Crippen molar-refractivity contribution in [3.8, 4) is 0 Å². The summed E-state index contributed by atoms with van der Waals surface area (Å²) in [5.41, 5.74) is 5.43. The average molecular weight is 336 g/mol. The van der Waals surface area contributed by atoms with Crippen molar-refractivity contribution in [3.63, 3.8) is 0 Å². The van der Waals surface area contributed by atoms with Gasteiger partial charge in [0.1, 0.15) is 0 Å². The highest BCUT2D eigenvalue weighted by molar-refractivity contribution is 6.28. The number of aromatic nitrogens is 3. The van der Waals surface area contributed by atoms with E-state index in [1.807, 2.05) is 39.0 Å². The van der Waals surface area contributed by atoms with E-state index in [1.54, 1.807) is 12.1 Å². The van der Waals surface area contributed by atoms with Gasteiger partial charge in [0, 0.05) is 11.2 Å². The van der Waals surface area contributed by atoms with Crippen LogP contribution in [0.5, 0.6) is 0 Å². The van der Waals surface area contributed by atoms with E-state index in [-0.39, 0.29) is 16.8 Å². The lowest BCUT2D eigenvalue weighted by Gasteiger charge is -2.20. The van der Waals surface area contributed by atoms with Crippen LogP contribution in [-0.4, -0.2) is 26.5 Å². The molecule has 9 heteroatoms. The predicted molar refractivity (Wildman–Crippen MR) is 90.4 cm³/mol. The smallest absolute Gasteiger partial charge is 0.337 e. The van der Waals surface area contributed by atoms with E-state index in [2.05, 4.69) is 36.4 Å². The lowest BCUT2D eigenvalue weighted by molar-refractivity contribution is 0.253. The second-order valence-electron chi connectivity index (χ2n) is 5.70. The number of urea groups is 1. The Morgan fingerprint density at radius 2 is 1.70 bits per heavy atom. The van der Waals surface area contributed by atoms with Crippen LogP contribution < -0.4 is 21.5 Å². The zero-order valence-electron chi connectivity index (χ0n) is 13.0. The summed E-state index contributed by atoms with van der Waals surface area (Å²) >= 11 is 5.85. The summed E-state index contributed by atoms with van der Waals surface area (Å²) in [7, 11) is 0. The third-order valence-electron chi connectivity index (χ3n) is 2.41. The minimum absolute atomic E-state index is 0.0134. The second-order valence-corrected chi connectivity index (χ2v) is 6.03. The molecule has 0 unspecified atom stereocenters. The van der Waals surface area contributed by atoms with Crippen molar-refractivity contribution in [3.05, 3.63) is 35.6 Å². The van der Waals surface area contributed by atoms with Crippen LogP contribution in [0.3, 0.4) is 0 Å². The molecule has 0 atom stereocenters. The first kappa shape index (κ1) is 16.8. The number of benzene rings is 1. The molecule has 4 N–H and O–H groups in total. The molecule has 1 aromatic heterocycles. The molecular weight excluding hydrogens is 318 g/mol. The summed E-state index contributed by atoms with van der Waals surface area (Å²) in [6, 6.07) is 8.57. The van der Waals surface area contributed by atoms with Crippen molar-refractivity contribution in [1.29, 1.82) is 0 Å². The Labute approximate surface area is 139 Å². The molecule has 0 fully saturated rings. The predicted octanol–water partition coefficient (Wildman–Crippen LogP) is 2.88. The minimum atomic E-state index is -0.460. The summed E-state index contributed by atoms with van der Waals surface area (Å²) in [6.45, 7) is 5.88. The van der Waals surface area contributed by atoms with Gasteiger partial charge in [0.05, 0.1) is 0 Å². The van der Waals surface area contributed by atoms with Gasteiger partial charge in [-0.2, -0.15) is 15.0 Å². The Balaban J connectivity index is 1.96. The van der Waals surface area contributed by atoms with Crippen molar-refractivity contribution in [2.75, 3.05) is 16.1 Å². The number of amides is 2. The van der Waals surface area contributed by atoms with E-state index in [9.17, 15) is 4.79 Å². The number of para-hydroxylation sites is 1. The molecule has 2 amide bonds. The van der Waals surface area contributed by atoms with Crippen LogP contribution in [0.4, 0.5) is 22.4 Å². The molecule has 2 aromatic rings. The van der Waals surface area contributed by atoms with Gasteiger partial charge in [-0.1, -0.05) is 18.2 Å². The maximum Gasteiger partial charge on any atom is 0.337 e. The van der Waals surface area contributed by atoms with Crippen LogP contribution >= 0.6 is 11.6 Å². The molecule has 0 radical (unpaired) electrons. The summed E-state index contributed by atoms with van der Waals surface area (Å²) in [6.07, 6.45) is 0. The summed E-state index contributed by atoms with van der Waals surface area (Å²) in [5.74, 6) is 0.435. The molecule has 0 aliphatic heterocycles. The van der Waals surface area contributed by atoms with Gasteiger partial charge >= 0.3 is 6.03 Å². The monoisotopic (exact) mass is 335 g/mol. The Hall–Kier alpha value is -2.61. The maximum absolute atomic E-state index is 11.8. The molecule has 0 aliphatic rings. The SMILES string of the molecule is CC(C)(C)Nc1nc(Cl)nc(NNC(=O)Nc2ccccc2)n1. The zero-order valence-corrected chi connectivity index (χ0v) is 13.8. The lowest BCUT2D eigenvalue weighted by atomic mass is 10.1. The normalized spacial score (nSPS) is 10.8. The maximum atomic E-state index is 11.8. The number of rotatable bonds is 4. The van der Waals surface area contributed by atoms with E-state index in [1.165, 1.54) is 0 Å². The van der Waals surface area contributed by atoms with Gasteiger partial charge in [0.15, 0.2) is 0 Å². The van der Waals surface area contributed by atoms with Crippen LogP contribution in [0.25, 0.3) is 0 Å². The fourth-order valence-electron chi connectivity index (χ4n) is 1.59. The van der Waals surface area contributed by atoms with Crippen LogP contribution in [0.15, 0.2) is 30.3 Å². The van der Waals surface area contributed by atoms with Crippen molar-refractivity contribution < 1.29 is 4.79 Å². The number of hydrogen-bond donors (Lipinski definition) is 4. The molecule has 0 saturated heterocycles. The minimum Gasteiger partial charge on any atom is -0.349 e. The number of hydrazine groups is 1. The number of anilines is 3. The fourth-order valence-corrected chi connectivity index (χ4v) is 1.75. The van der Waals surface area contributed by atoms with Crippen molar-refractivity contribution in [2.45, 2.75) is 26.3 Å². The van der Waals surface area contributed by atoms with Crippen LogP contribution in [0.2, 0.25) is 5.28 Å². The molecule has 8 nitrogen and oxygen atoms in total. The molecule has 0 aliphatic carbocycles. The second kappa shape index (κ2) is 7.10. The van der Waals surface area contributed by atoms with Gasteiger partial charge in [0.2, 0.25) is 17.2 Å². The molecule has 0 saturated carbocycles. The van der Waals surface area contributed by atoms with Gasteiger partial charge in [-0.05, 0) is 44.5 Å². The molecular formula is C14H18ClN7O. The van der Waals surface area contributed by atoms with Crippen LogP contribution in [0.1, 0.15) is 20.8 Å². The quantitative estimate of drug-likeness (QED) is 0.640. The molecule has 0 bridgehead atoms. The highest BCUT2D eigenvalue weighted by Gasteiger charge is 2.13. The zero-order chi connectivity index (χ0) is 16.9.